The van der Waals surface area contributed by atoms with Crippen LogP contribution in [0.5, 0.6) is 0 Å². The van der Waals surface area contributed by atoms with Crippen LogP contribution in [0.1, 0.15) is 16.2 Å². The van der Waals surface area contributed by atoms with Gasteiger partial charge in [-0.1, -0.05) is 30.3 Å². The average Bonchev–Trinajstić information content (AvgIpc) is 2.85. The molecule has 0 bridgehead atoms. The second-order valence-corrected chi connectivity index (χ2v) is 3.79. The van der Waals surface area contributed by atoms with Gasteiger partial charge in [0.15, 0.2) is 12.1 Å². The topological polar surface area (TPSA) is 64.0 Å². The zero-order chi connectivity index (χ0) is 12.8. The number of carbonyl (C=O) groups is 2. The molecule has 0 atom stereocenters. The minimum absolute atomic E-state index is 0.0981. The number of aromatic nitrogens is 2. The molecule has 2 rings (SSSR count). The summed E-state index contributed by atoms with van der Waals surface area (Å²) in [4.78, 5) is 26.1. The molecule has 0 radical (unpaired) electrons. The highest BCUT2D eigenvalue weighted by Crippen LogP contribution is 1.98. The van der Waals surface area contributed by atoms with Crippen LogP contribution in [0.3, 0.4) is 0 Å². The third kappa shape index (κ3) is 3.04. The van der Waals surface area contributed by atoms with E-state index in [1.165, 1.54) is 10.8 Å². The van der Waals surface area contributed by atoms with Crippen molar-refractivity contribution >= 4 is 12.2 Å². The first-order valence-corrected chi connectivity index (χ1v) is 5.56. The SMILES string of the molecule is O=Cc1nccn1CC(=O)NCc1ccccc1. The van der Waals surface area contributed by atoms with Crippen LogP contribution in [0.15, 0.2) is 42.7 Å². The van der Waals surface area contributed by atoms with Gasteiger partial charge in [0, 0.05) is 18.9 Å². The van der Waals surface area contributed by atoms with Gasteiger partial charge in [0.2, 0.25) is 5.91 Å². The number of benzene rings is 1. The van der Waals surface area contributed by atoms with Gasteiger partial charge in [-0.3, -0.25) is 9.59 Å². The highest BCUT2D eigenvalue weighted by Gasteiger charge is 2.06. The third-order valence-corrected chi connectivity index (χ3v) is 2.50. The number of imidazole rings is 1. The number of amides is 1. The Kier molecular flexibility index (Phi) is 3.86. The van der Waals surface area contributed by atoms with Crippen molar-refractivity contribution in [2.75, 3.05) is 0 Å². The Morgan fingerprint density at radius 1 is 1.33 bits per heavy atom. The van der Waals surface area contributed by atoms with Crippen LogP contribution < -0.4 is 5.32 Å². The Morgan fingerprint density at radius 2 is 2.11 bits per heavy atom. The fourth-order valence-corrected chi connectivity index (χ4v) is 1.58. The van der Waals surface area contributed by atoms with Crippen LogP contribution in [0.25, 0.3) is 0 Å². The summed E-state index contributed by atoms with van der Waals surface area (Å²) in [6.07, 6.45) is 3.73. The molecule has 5 nitrogen and oxygen atoms in total. The molecular weight excluding hydrogens is 230 g/mol. The third-order valence-electron chi connectivity index (χ3n) is 2.50. The Morgan fingerprint density at radius 3 is 2.83 bits per heavy atom. The van der Waals surface area contributed by atoms with Crippen molar-refractivity contribution < 1.29 is 9.59 Å². The van der Waals surface area contributed by atoms with Crippen molar-refractivity contribution in [3.63, 3.8) is 0 Å². The monoisotopic (exact) mass is 243 g/mol. The van der Waals surface area contributed by atoms with Gasteiger partial charge in [-0.2, -0.15) is 0 Å². The summed E-state index contributed by atoms with van der Waals surface area (Å²) >= 11 is 0. The smallest absolute Gasteiger partial charge is 0.240 e. The molecule has 1 amide bonds. The molecule has 92 valence electrons. The first kappa shape index (κ1) is 12.0. The first-order chi connectivity index (χ1) is 8.79. The molecule has 0 aliphatic heterocycles. The lowest BCUT2D eigenvalue weighted by Gasteiger charge is -2.06. The van der Waals surface area contributed by atoms with E-state index >= 15 is 0 Å². The summed E-state index contributed by atoms with van der Waals surface area (Å²) < 4.78 is 1.51. The maximum absolute atomic E-state index is 11.7. The van der Waals surface area contributed by atoms with E-state index in [0.717, 1.165) is 5.56 Å². The minimum atomic E-state index is -0.153. The van der Waals surface area contributed by atoms with Gasteiger partial charge < -0.3 is 9.88 Å². The first-order valence-electron chi connectivity index (χ1n) is 5.56. The van der Waals surface area contributed by atoms with E-state index < -0.39 is 0 Å². The molecule has 1 aromatic heterocycles. The van der Waals surface area contributed by atoms with Crippen molar-refractivity contribution in [2.45, 2.75) is 13.1 Å². The molecular formula is C13H13N3O2. The Balaban J connectivity index is 1.88. The fourth-order valence-electron chi connectivity index (χ4n) is 1.58. The maximum Gasteiger partial charge on any atom is 0.240 e. The van der Waals surface area contributed by atoms with Crippen LogP contribution in [0, 0.1) is 0 Å². The number of nitrogens with one attached hydrogen (secondary N) is 1. The molecule has 0 unspecified atom stereocenters. The molecule has 0 saturated heterocycles. The van der Waals surface area contributed by atoms with Crippen LogP contribution >= 0.6 is 0 Å². The number of hydrogen-bond acceptors (Lipinski definition) is 3. The number of hydrogen-bond donors (Lipinski definition) is 1. The van der Waals surface area contributed by atoms with Gasteiger partial charge in [0.1, 0.15) is 6.54 Å². The van der Waals surface area contributed by atoms with Crippen molar-refractivity contribution in [1.29, 1.82) is 0 Å². The highest BCUT2D eigenvalue weighted by molar-refractivity contribution is 5.77. The van der Waals surface area contributed by atoms with E-state index in [2.05, 4.69) is 10.3 Å². The molecule has 5 heteroatoms. The number of nitrogens with zero attached hydrogens (tertiary/aromatic N) is 2. The molecule has 1 aromatic carbocycles. The maximum atomic E-state index is 11.7. The molecule has 0 spiro atoms. The van der Waals surface area contributed by atoms with Gasteiger partial charge in [0.25, 0.3) is 0 Å². The molecule has 0 aliphatic rings. The lowest BCUT2D eigenvalue weighted by atomic mass is 10.2. The van der Waals surface area contributed by atoms with Gasteiger partial charge in [-0.15, -0.1) is 0 Å². The van der Waals surface area contributed by atoms with E-state index in [-0.39, 0.29) is 18.3 Å². The predicted octanol–water partition coefficient (Wildman–Crippen LogP) is 1.01. The van der Waals surface area contributed by atoms with Crippen LogP contribution in [0.2, 0.25) is 0 Å². The molecule has 2 aromatic rings. The van der Waals surface area contributed by atoms with Crippen LogP contribution in [-0.2, 0) is 17.9 Å². The molecule has 1 N–H and O–H groups in total. The summed E-state index contributed by atoms with van der Waals surface area (Å²) in [5.41, 5.74) is 1.03. The molecule has 1 heterocycles. The second-order valence-electron chi connectivity index (χ2n) is 3.79. The summed E-state index contributed by atoms with van der Waals surface area (Å²) in [5, 5.41) is 2.79. The zero-order valence-corrected chi connectivity index (χ0v) is 9.74. The number of rotatable bonds is 5. The Bertz CT molecular complexity index is 534. The summed E-state index contributed by atoms with van der Waals surface area (Å²) in [6.45, 7) is 0.575. The van der Waals surface area contributed by atoms with E-state index in [9.17, 15) is 9.59 Å². The van der Waals surface area contributed by atoms with Crippen LogP contribution in [0.4, 0.5) is 0 Å². The van der Waals surface area contributed by atoms with Gasteiger partial charge in [-0.05, 0) is 5.56 Å². The van der Waals surface area contributed by atoms with Crippen molar-refractivity contribution in [2.24, 2.45) is 0 Å². The van der Waals surface area contributed by atoms with E-state index in [4.69, 9.17) is 0 Å². The van der Waals surface area contributed by atoms with Gasteiger partial charge in [0.05, 0.1) is 0 Å². The standard InChI is InChI=1S/C13H13N3O2/c17-10-12-14-6-7-16(12)9-13(18)15-8-11-4-2-1-3-5-11/h1-7,10H,8-9H2,(H,15,18). The molecule has 0 aliphatic carbocycles. The zero-order valence-electron chi connectivity index (χ0n) is 9.74. The van der Waals surface area contributed by atoms with E-state index in [0.29, 0.717) is 12.8 Å². The van der Waals surface area contributed by atoms with Crippen molar-refractivity contribution in [3.05, 3.63) is 54.1 Å². The fraction of sp³-hybridized carbons (Fsp3) is 0.154. The summed E-state index contributed by atoms with van der Waals surface area (Å²) in [7, 11) is 0. The van der Waals surface area contributed by atoms with Gasteiger partial charge in [-0.25, -0.2) is 4.98 Å². The average molecular weight is 243 g/mol. The Hall–Kier alpha value is -2.43. The summed E-state index contributed by atoms with van der Waals surface area (Å²) in [6, 6.07) is 9.64. The molecule has 0 fully saturated rings. The number of aldehydes is 1. The largest absolute Gasteiger partial charge is 0.350 e. The highest BCUT2D eigenvalue weighted by atomic mass is 16.2. The Labute approximate surface area is 104 Å². The number of carbonyl (C=O) groups excluding carboxylic acids is 2. The van der Waals surface area contributed by atoms with E-state index in [1.54, 1.807) is 6.20 Å². The van der Waals surface area contributed by atoms with Gasteiger partial charge >= 0.3 is 0 Å². The van der Waals surface area contributed by atoms with Crippen LogP contribution in [-0.4, -0.2) is 21.7 Å². The van der Waals surface area contributed by atoms with Crippen molar-refractivity contribution in [3.8, 4) is 0 Å². The molecule has 18 heavy (non-hydrogen) atoms. The quantitative estimate of drug-likeness (QED) is 0.797. The molecule has 0 saturated carbocycles. The van der Waals surface area contributed by atoms with E-state index in [1.807, 2.05) is 30.3 Å². The lowest BCUT2D eigenvalue weighted by Crippen LogP contribution is -2.27. The second kappa shape index (κ2) is 5.77. The lowest BCUT2D eigenvalue weighted by molar-refractivity contribution is -0.121. The normalized spacial score (nSPS) is 10.0. The van der Waals surface area contributed by atoms with Crippen molar-refractivity contribution in [1.82, 2.24) is 14.9 Å². The predicted molar refractivity (Wildman–Crippen MR) is 65.9 cm³/mol. The minimum Gasteiger partial charge on any atom is -0.350 e. The summed E-state index contributed by atoms with van der Waals surface area (Å²) in [5.74, 6) is 0.102.